The number of carbonyl (C=O) groups is 1. The molecule has 2 N–H and O–H groups in total. The average molecular weight is 326 g/mol. The summed E-state index contributed by atoms with van der Waals surface area (Å²) in [7, 11) is 1.71. The fraction of sp³-hybridized carbons (Fsp3) is 0.167. The summed E-state index contributed by atoms with van der Waals surface area (Å²) in [5.74, 6) is -0.0771. The summed E-state index contributed by atoms with van der Waals surface area (Å²) in [5.41, 5.74) is 8.02. The lowest BCUT2D eigenvalue weighted by Crippen LogP contribution is -2.26. The van der Waals surface area contributed by atoms with Gasteiger partial charge in [0.25, 0.3) is 5.91 Å². The molecule has 2 aromatic rings. The van der Waals surface area contributed by atoms with Crippen molar-refractivity contribution >= 4 is 44.5 Å². The maximum Gasteiger partial charge on any atom is 0.268 e. The Labute approximate surface area is 118 Å². The van der Waals surface area contributed by atoms with E-state index in [9.17, 15) is 4.79 Å². The monoisotopic (exact) mass is 325 g/mol. The number of hydrogen-bond acceptors (Lipinski definition) is 4. The SMILES string of the molecule is Cc1cc(C(=O)N(C)c2ccncc2N)sc1Br. The summed E-state index contributed by atoms with van der Waals surface area (Å²) in [6.07, 6.45) is 3.15. The number of amides is 1. The molecule has 6 heteroatoms. The molecule has 2 heterocycles. The first-order valence-corrected chi connectivity index (χ1v) is 6.85. The van der Waals surface area contributed by atoms with Gasteiger partial charge in [0.2, 0.25) is 0 Å². The minimum Gasteiger partial charge on any atom is -0.396 e. The largest absolute Gasteiger partial charge is 0.396 e. The number of halogens is 1. The van der Waals surface area contributed by atoms with E-state index < -0.39 is 0 Å². The van der Waals surface area contributed by atoms with Crippen molar-refractivity contribution in [3.63, 3.8) is 0 Å². The summed E-state index contributed by atoms with van der Waals surface area (Å²) in [4.78, 5) is 18.4. The van der Waals surface area contributed by atoms with E-state index in [1.54, 1.807) is 19.3 Å². The first kappa shape index (κ1) is 13.0. The van der Waals surface area contributed by atoms with Gasteiger partial charge in [0, 0.05) is 13.2 Å². The molecule has 2 aromatic heterocycles. The number of thiophene rings is 1. The number of carbonyl (C=O) groups excluding carboxylic acids is 1. The molecular weight excluding hydrogens is 314 g/mol. The number of nitrogens with two attached hydrogens (primary N) is 1. The van der Waals surface area contributed by atoms with E-state index in [2.05, 4.69) is 20.9 Å². The average Bonchev–Trinajstić information content (AvgIpc) is 2.68. The smallest absolute Gasteiger partial charge is 0.268 e. The van der Waals surface area contributed by atoms with Gasteiger partial charge in [0.05, 0.1) is 26.2 Å². The summed E-state index contributed by atoms with van der Waals surface area (Å²) in [5, 5.41) is 0. The zero-order chi connectivity index (χ0) is 13.3. The Bertz CT molecular complexity index is 577. The van der Waals surface area contributed by atoms with Gasteiger partial charge < -0.3 is 10.6 Å². The molecule has 0 spiro atoms. The molecule has 0 aliphatic rings. The summed E-state index contributed by atoms with van der Waals surface area (Å²) in [6, 6.07) is 3.59. The van der Waals surface area contributed by atoms with E-state index in [4.69, 9.17) is 5.73 Å². The predicted octanol–water partition coefficient (Wildman–Crippen LogP) is 3.07. The highest BCUT2D eigenvalue weighted by molar-refractivity contribution is 9.11. The van der Waals surface area contributed by atoms with Crippen molar-refractivity contribution in [1.82, 2.24) is 4.98 Å². The third-order valence-corrected chi connectivity index (χ3v) is 4.69. The van der Waals surface area contributed by atoms with Crippen LogP contribution in [0.4, 0.5) is 11.4 Å². The molecule has 1 amide bonds. The zero-order valence-electron chi connectivity index (χ0n) is 9.98. The molecule has 0 aliphatic heterocycles. The van der Waals surface area contributed by atoms with E-state index in [0.717, 1.165) is 9.35 Å². The van der Waals surface area contributed by atoms with Gasteiger partial charge >= 0.3 is 0 Å². The molecule has 0 unspecified atom stereocenters. The second-order valence-electron chi connectivity index (χ2n) is 3.87. The van der Waals surface area contributed by atoms with Crippen LogP contribution in [0, 0.1) is 6.92 Å². The Kier molecular flexibility index (Phi) is 3.68. The highest BCUT2D eigenvalue weighted by atomic mass is 79.9. The molecule has 0 atom stereocenters. The van der Waals surface area contributed by atoms with E-state index in [0.29, 0.717) is 16.3 Å². The highest BCUT2D eigenvalue weighted by Gasteiger charge is 2.18. The molecule has 0 saturated heterocycles. The van der Waals surface area contributed by atoms with Gasteiger partial charge in [-0.05, 0) is 40.5 Å². The minimum absolute atomic E-state index is 0.0771. The molecule has 0 aliphatic carbocycles. The molecule has 94 valence electrons. The van der Waals surface area contributed by atoms with Gasteiger partial charge in [0.15, 0.2) is 0 Å². The van der Waals surface area contributed by atoms with Gasteiger partial charge in [-0.3, -0.25) is 9.78 Å². The quantitative estimate of drug-likeness (QED) is 0.923. The van der Waals surface area contributed by atoms with Crippen LogP contribution in [0.1, 0.15) is 15.2 Å². The number of nitrogens with zero attached hydrogens (tertiary/aromatic N) is 2. The molecular formula is C12H12BrN3OS. The molecule has 18 heavy (non-hydrogen) atoms. The number of rotatable bonds is 2. The summed E-state index contributed by atoms with van der Waals surface area (Å²) >= 11 is 4.84. The van der Waals surface area contributed by atoms with Crippen LogP contribution >= 0.6 is 27.3 Å². The Hall–Kier alpha value is -1.40. The van der Waals surface area contributed by atoms with Crippen LogP contribution in [0.25, 0.3) is 0 Å². The number of pyridine rings is 1. The highest BCUT2D eigenvalue weighted by Crippen LogP contribution is 2.30. The summed E-state index contributed by atoms with van der Waals surface area (Å²) in [6.45, 7) is 1.96. The van der Waals surface area contributed by atoms with E-state index in [-0.39, 0.29) is 5.91 Å². The Morgan fingerprint density at radius 2 is 2.28 bits per heavy atom. The maximum absolute atomic E-state index is 12.3. The Balaban J connectivity index is 2.32. The Morgan fingerprint density at radius 3 is 2.83 bits per heavy atom. The van der Waals surface area contributed by atoms with Crippen molar-refractivity contribution in [3.05, 3.63) is 38.8 Å². The molecule has 0 radical (unpaired) electrons. The lowest BCUT2D eigenvalue weighted by Gasteiger charge is -2.17. The lowest BCUT2D eigenvalue weighted by atomic mass is 10.3. The number of anilines is 2. The van der Waals surface area contributed by atoms with Crippen molar-refractivity contribution in [2.24, 2.45) is 0 Å². The molecule has 0 aromatic carbocycles. The molecule has 0 fully saturated rings. The third-order valence-electron chi connectivity index (χ3n) is 2.56. The van der Waals surface area contributed by atoms with Crippen LogP contribution < -0.4 is 10.6 Å². The van der Waals surface area contributed by atoms with Crippen LogP contribution in [-0.4, -0.2) is 17.9 Å². The van der Waals surface area contributed by atoms with Crippen LogP contribution in [0.5, 0.6) is 0 Å². The topological polar surface area (TPSA) is 59.2 Å². The number of nitrogen functional groups attached to an aromatic ring is 1. The zero-order valence-corrected chi connectivity index (χ0v) is 12.4. The minimum atomic E-state index is -0.0771. The van der Waals surface area contributed by atoms with Crippen molar-refractivity contribution in [3.8, 4) is 0 Å². The second kappa shape index (κ2) is 5.07. The number of aryl methyl sites for hydroxylation is 1. The molecule has 4 nitrogen and oxygen atoms in total. The standard InChI is InChI=1S/C12H12BrN3OS/c1-7-5-10(18-11(7)13)12(17)16(2)9-3-4-15-6-8(9)14/h3-6H,14H2,1-2H3. The first-order chi connectivity index (χ1) is 8.50. The van der Waals surface area contributed by atoms with E-state index >= 15 is 0 Å². The van der Waals surface area contributed by atoms with Gasteiger partial charge in [-0.25, -0.2) is 0 Å². The van der Waals surface area contributed by atoms with E-state index in [1.165, 1.54) is 22.4 Å². The van der Waals surface area contributed by atoms with Gasteiger partial charge in [0.1, 0.15) is 0 Å². The lowest BCUT2D eigenvalue weighted by molar-refractivity contribution is 0.0997. The molecule has 0 bridgehead atoms. The fourth-order valence-electron chi connectivity index (χ4n) is 1.54. The van der Waals surface area contributed by atoms with Crippen molar-refractivity contribution in [2.75, 3.05) is 17.7 Å². The third kappa shape index (κ3) is 2.39. The van der Waals surface area contributed by atoms with Crippen LogP contribution in [0.15, 0.2) is 28.3 Å². The molecule has 2 rings (SSSR count). The first-order valence-electron chi connectivity index (χ1n) is 5.24. The fourth-order valence-corrected chi connectivity index (χ4v) is 3.06. The maximum atomic E-state index is 12.3. The van der Waals surface area contributed by atoms with Crippen LogP contribution in [-0.2, 0) is 0 Å². The number of aromatic nitrogens is 1. The second-order valence-corrected chi connectivity index (χ2v) is 6.24. The van der Waals surface area contributed by atoms with Gasteiger partial charge in [-0.15, -0.1) is 11.3 Å². The summed E-state index contributed by atoms with van der Waals surface area (Å²) < 4.78 is 0.974. The van der Waals surface area contributed by atoms with Gasteiger partial charge in [-0.1, -0.05) is 0 Å². The van der Waals surface area contributed by atoms with Crippen molar-refractivity contribution in [1.29, 1.82) is 0 Å². The van der Waals surface area contributed by atoms with Crippen LogP contribution in [0.2, 0.25) is 0 Å². The van der Waals surface area contributed by atoms with E-state index in [1.807, 2.05) is 13.0 Å². The number of hydrogen-bond donors (Lipinski definition) is 1. The van der Waals surface area contributed by atoms with Gasteiger partial charge in [-0.2, -0.15) is 0 Å². The van der Waals surface area contributed by atoms with Crippen molar-refractivity contribution < 1.29 is 4.79 Å². The van der Waals surface area contributed by atoms with Crippen LogP contribution in [0.3, 0.4) is 0 Å². The van der Waals surface area contributed by atoms with Crippen molar-refractivity contribution in [2.45, 2.75) is 6.92 Å². The molecule has 0 saturated carbocycles. The predicted molar refractivity (Wildman–Crippen MR) is 78.1 cm³/mol. The Morgan fingerprint density at radius 1 is 1.56 bits per heavy atom. The normalized spacial score (nSPS) is 10.4.